The number of hydrogen-bond acceptors (Lipinski definition) is 5. The van der Waals surface area contributed by atoms with Gasteiger partial charge in [-0.05, 0) is 25.7 Å². The first-order chi connectivity index (χ1) is 7.24. The highest BCUT2D eigenvalue weighted by atomic mass is 16.5. The second-order valence-corrected chi connectivity index (χ2v) is 4.12. The molecule has 0 aliphatic heterocycles. The fraction of sp³-hybridized carbons (Fsp3) is 0.800. The molecular weight excluding hydrogens is 194 g/mol. The molecule has 0 bridgehead atoms. The highest BCUT2D eigenvalue weighted by Crippen LogP contribution is 2.18. The number of hydrogen-bond donors (Lipinski definition) is 2. The van der Waals surface area contributed by atoms with E-state index in [1.807, 2.05) is 0 Å². The third-order valence-electron chi connectivity index (χ3n) is 2.82. The van der Waals surface area contributed by atoms with Gasteiger partial charge in [-0.3, -0.25) is 0 Å². The van der Waals surface area contributed by atoms with Crippen LogP contribution in [0.1, 0.15) is 37.4 Å². The molecule has 5 nitrogen and oxygen atoms in total. The van der Waals surface area contributed by atoms with Crippen molar-refractivity contribution in [2.45, 2.75) is 51.3 Å². The van der Waals surface area contributed by atoms with Gasteiger partial charge in [0.15, 0.2) is 5.82 Å². The van der Waals surface area contributed by atoms with Crippen molar-refractivity contribution in [2.75, 3.05) is 0 Å². The van der Waals surface area contributed by atoms with Crippen LogP contribution in [0.3, 0.4) is 0 Å². The Labute approximate surface area is 88.9 Å². The molecule has 1 saturated carbocycles. The molecule has 0 spiro atoms. The molecule has 0 radical (unpaired) electrons. The molecule has 15 heavy (non-hydrogen) atoms. The van der Waals surface area contributed by atoms with E-state index < -0.39 is 0 Å². The van der Waals surface area contributed by atoms with E-state index in [2.05, 4.69) is 15.5 Å². The Morgan fingerprint density at radius 2 is 2.13 bits per heavy atom. The summed E-state index contributed by atoms with van der Waals surface area (Å²) in [5.74, 6) is 1.31. The lowest BCUT2D eigenvalue weighted by Crippen LogP contribution is -2.34. The van der Waals surface area contributed by atoms with E-state index in [1.54, 1.807) is 6.92 Å². The summed E-state index contributed by atoms with van der Waals surface area (Å²) in [5.41, 5.74) is 0. The molecule has 0 unspecified atom stereocenters. The van der Waals surface area contributed by atoms with Crippen LogP contribution in [-0.4, -0.2) is 27.4 Å². The zero-order valence-corrected chi connectivity index (χ0v) is 8.94. The fourth-order valence-electron chi connectivity index (χ4n) is 1.93. The number of nitrogens with one attached hydrogen (secondary N) is 1. The predicted octanol–water partition coefficient (Wildman–Crippen LogP) is 0.771. The maximum Gasteiger partial charge on any atom is 0.223 e. The summed E-state index contributed by atoms with van der Waals surface area (Å²) in [7, 11) is 0. The van der Waals surface area contributed by atoms with Crippen molar-refractivity contribution in [1.82, 2.24) is 15.5 Å². The Hall–Kier alpha value is -0.940. The molecule has 1 aliphatic rings. The number of aryl methyl sites for hydroxylation is 1. The van der Waals surface area contributed by atoms with Gasteiger partial charge in [-0.2, -0.15) is 4.98 Å². The van der Waals surface area contributed by atoms with Gasteiger partial charge in [-0.25, -0.2) is 0 Å². The SMILES string of the molecule is Cc1nc(CNC2CCC(O)CC2)no1. The van der Waals surface area contributed by atoms with E-state index >= 15 is 0 Å². The summed E-state index contributed by atoms with van der Waals surface area (Å²) in [4.78, 5) is 4.12. The number of nitrogens with zero attached hydrogens (tertiary/aromatic N) is 2. The maximum atomic E-state index is 9.35. The lowest BCUT2D eigenvalue weighted by atomic mass is 9.93. The highest BCUT2D eigenvalue weighted by molar-refractivity contribution is 4.85. The highest BCUT2D eigenvalue weighted by Gasteiger charge is 2.19. The molecule has 2 N–H and O–H groups in total. The second-order valence-electron chi connectivity index (χ2n) is 4.12. The Balaban J connectivity index is 1.74. The van der Waals surface area contributed by atoms with Crippen LogP contribution in [-0.2, 0) is 6.54 Å². The summed E-state index contributed by atoms with van der Waals surface area (Å²) in [6.07, 6.45) is 3.73. The van der Waals surface area contributed by atoms with Crippen molar-refractivity contribution >= 4 is 0 Å². The Morgan fingerprint density at radius 1 is 1.40 bits per heavy atom. The van der Waals surface area contributed by atoms with Crippen LogP contribution in [0.5, 0.6) is 0 Å². The molecular formula is C10H17N3O2. The van der Waals surface area contributed by atoms with Gasteiger partial charge in [0.25, 0.3) is 0 Å². The number of aromatic nitrogens is 2. The van der Waals surface area contributed by atoms with Crippen LogP contribution in [0.15, 0.2) is 4.52 Å². The quantitative estimate of drug-likeness (QED) is 0.772. The van der Waals surface area contributed by atoms with Gasteiger partial charge in [0.1, 0.15) is 0 Å². The van der Waals surface area contributed by atoms with E-state index in [0.717, 1.165) is 25.7 Å². The molecule has 1 aromatic rings. The first-order valence-corrected chi connectivity index (χ1v) is 5.44. The van der Waals surface area contributed by atoms with E-state index in [-0.39, 0.29) is 6.10 Å². The molecule has 84 valence electrons. The molecule has 5 heteroatoms. The number of aliphatic hydroxyl groups excluding tert-OH is 1. The van der Waals surface area contributed by atoms with Gasteiger partial charge in [-0.1, -0.05) is 5.16 Å². The van der Waals surface area contributed by atoms with Crippen molar-refractivity contribution in [3.05, 3.63) is 11.7 Å². The molecule has 0 aromatic carbocycles. The van der Waals surface area contributed by atoms with Crippen LogP contribution in [0, 0.1) is 6.92 Å². The van der Waals surface area contributed by atoms with Gasteiger partial charge in [0.05, 0.1) is 12.6 Å². The normalized spacial score (nSPS) is 26.8. The molecule has 1 heterocycles. The van der Waals surface area contributed by atoms with Gasteiger partial charge in [-0.15, -0.1) is 0 Å². The molecule has 1 aromatic heterocycles. The summed E-state index contributed by atoms with van der Waals surface area (Å²) in [5, 5.41) is 16.5. The summed E-state index contributed by atoms with van der Waals surface area (Å²) in [6.45, 7) is 2.44. The van der Waals surface area contributed by atoms with Crippen LogP contribution < -0.4 is 5.32 Å². The summed E-state index contributed by atoms with van der Waals surface area (Å²) in [6, 6.07) is 0.479. The minimum Gasteiger partial charge on any atom is -0.393 e. The van der Waals surface area contributed by atoms with Gasteiger partial charge in [0, 0.05) is 13.0 Å². The lowest BCUT2D eigenvalue weighted by molar-refractivity contribution is 0.116. The fourth-order valence-corrected chi connectivity index (χ4v) is 1.93. The summed E-state index contributed by atoms with van der Waals surface area (Å²) >= 11 is 0. The van der Waals surface area contributed by atoms with Crippen LogP contribution in [0.25, 0.3) is 0 Å². The van der Waals surface area contributed by atoms with Gasteiger partial charge >= 0.3 is 0 Å². The van der Waals surface area contributed by atoms with Crippen molar-refractivity contribution in [3.63, 3.8) is 0 Å². The molecule has 1 aliphatic carbocycles. The Kier molecular flexibility index (Phi) is 3.33. The van der Waals surface area contributed by atoms with Gasteiger partial charge in [0.2, 0.25) is 5.89 Å². The predicted molar refractivity (Wildman–Crippen MR) is 54.1 cm³/mol. The molecule has 0 saturated heterocycles. The van der Waals surface area contributed by atoms with E-state index in [0.29, 0.717) is 24.3 Å². The average molecular weight is 211 g/mol. The lowest BCUT2D eigenvalue weighted by Gasteiger charge is -2.25. The van der Waals surface area contributed by atoms with E-state index in [1.165, 1.54) is 0 Å². The topological polar surface area (TPSA) is 71.2 Å². The van der Waals surface area contributed by atoms with Crippen LogP contribution in [0.2, 0.25) is 0 Å². The smallest absolute Gasteiger partial charge is 0.223 e. The Bertz CT molecular complexity index is 305. The van der Waals surface area contributed by atoms with Crippen LogP contribution in [0.4, 0.5) is 0 Å². The van der Waals surface area contributed by atoms with E-state index in [4.69, 9.17) is 4.52 Å². The molecule has 0 atom stereocenters. The Morgan fingerprint density at radius 3 is 2.73 bits per heavy atom. The number of rotatable bonds is 3. The summed E-state index contributed by atoms with van der Waals surface area (Å²) < 4.78 is 4.88. The third-order valence-corrected chi connectivity index (χ3v) is 2.82. The first kappa shape index (κ1) is 10.6. The molecule has 2 rings (SSSR count). The number of aliphatic hydroxyl groups is 1. The minimum absolute atomic E-state index is 0.101. The minimum atomic E-state index is -0.101. The maximum absolute atomic E-state index is 9.35. The third kappa shape index (κ3) is 3.00. The monoisotopic (exact) mass is 211 g/mol. The van der Waals surface area contributed by atoms with Crippen molar-refractivity contribution in [1.29, 1.82) is 0 Å². The molecule has 0 amide bonds. The zero-order chi connectivity index (χ0) is 10.7. The van der Waals surface area contributed by atoms with Crippen LogP contribution >= 0.6 is 0 Å². The largest absolute Gasteiger partial charge is 0.393 e. The van der Waals surface area contributed by atoms with E-state index in [9.17, 15) is 5.11 Å². The van der Waals surface area contributed by atoms with Crippen molar-refractivity contribution in [3.8, 4) is 0 Å². The van der Waals surface area contributed by atoms with Gasteiger partial charge < -0.3 is 14.9 Å². The van der Waals surface area contributed by atoms with Crippen molar-refractivity contribution in [2.24, 2.45) is 0 Å². The first-order valence-electron chi connectivity index (χ1n) is 5.44. The van der Waals surface area contributed by atoms with Crippen molar-refractivity contribution < 1.29 is 9.63 Å². The average Bonchev–Trinajstić information content (AvgIpc) is 2.64. The second kappa shape index (κ2) is 4.72. The zero-order valence-electron chi connectivity index (χ0n) is 8.94. The standard InChI is InChI=1S/C10H17N3O2/c1-7-12-10(13-15-7)6-11-8-2-4-9(14)5-3-8/h8-9,11,14H,2-6H2,1H3. The molecule has 1 fully saturated rings.